The first-order valence-corrected chi connectivity index (χ1v) is 10.8. The lowest BCUT2D eigenvalue weighted by Crippen LogP contribution is -2.39. The van der Waals surface area contributed by atoms with E-state index in [1.807, 2.05) is 31.1 Å². The Labute approximate surface area is 180 Å². The van der Waals surface area contributed by atoms with Crippen molar-refractivity contribution in [1.82, 2.24) is 4.90 Å². The van der Waals surface area contributed by atoms with Gasteiger partial charge in [0, 0.05) is 39.5 Å². The monoisotopic (exact) mass is 410 g/mol. The predicted octanol–water partition coefficient (Wildman–Crippen LogP) is 4.46. The van der Waals surface area contributed by atoms with Gasteiger partial charge in [-0.1, -0.05) is 38.1 Å². The maximum atomic E-state index is 13.0. The lowest BCUT2D eigenvalue weighted by atomic mass is 10.0. The molecule has 5 nitrogen and oxygen atoms in total. The Balaban J connectivity index is 1.63. The number of nitrogens with zero attached hydrogens (tertiary/aromatic N) is 2. The molecular formula is C25H34N2O3. The van der Waals surface area contributed by atoms with E-state index in [1.165, 1.54) is 5.56 Å². The Kier molecular flexibility index (Phi) is 7.75. The van der Waals surface area contributed by atoms with Crippen LogP contribution >= 0.6 is 0 Å². The smallest absolute Gasteiger partial charge is 0.260 e. The van der Waals surface area contributed by atoms with E-state index in [9.17, 15) is 4.79 Å². The second kappa shape index (κ2) is 10.5. The topological polar surface area (TPSA) is 42.0 Å². The van der Waals surface area contributed by atoms with Crippen molar-refractivity contribution < 1.29 is 14.3 Å². The first-order chi connectivity index (χ1) is 14.4. The summed E-state index contributed by atoms with van der Waals surface area (Å²) in [6.45, 7) is 6.29. The fraction of sp³-hybridized carbons (Fsp3) is 0.480. The van der Waals surface area contributed by atoms with Crippen molar-refractivity contribution in [1.29, 1.82) is 0 Å². The lowest BCUT2D eigenvalue weighted by molar-refractivity contribution is -0.135. The molecule has 0 bridgehead atoms. The molecule has 3 rings (SSSR count). The van der Waals surface area contributed by atoms with E-state index < -0.39 is 0 Å². The Hall–Kier alpha value is -2.53. The summed E-state index contributed by atoms with van der Waals surface area (Å²) in [6, 6.07) is 16.3. The summed E-state index contributed by atoms with van der Waals surface area (Å²) in [7, 11) is 4.04. The second-order valence-electron chi connectivity index (χ2n) is 8.48. The number of benzene rings is 2. The summed E-state index contributed by atoms with van der Waals surface area (Å²) in [5, 5.41) is 0. The number of ether oxygens (including phenoxy) is 2. The average Bonchev–Trinajstić information content (AvgIpc) is 3.25. The summed E-state index contributed by atoms with van der Waals surface area (Å²) in [4.78, 5) is 16.9. The zero-order valence-electron chi connectivity index (χ0n) is 18.6. The van der Waals surface area contributed by atoms with Gasteiger partial charge in [0.1, 0.15) is 5.75 Å². The fourth-order valence-corrected chi connectivity index (χ4v) is 3.59. The highest BCUT2D eigenvalue weighted by molar-refractivity contribution is 5.77. The maximum absolute atomic E-state index is 13.0. The largest absolute Gasteiger partial charge is 0.484 e. The van der Waals surface area contributed by atoms with Crippen molar-refractivity contribution in [3.05, 3.63) is 59.7 Å². The number of carbonyl (C=O) groups is 1. The van der Waals surface area contributed by atoms with Gasteiger partial charge in [-0.3, -0.25) is 4.79 Å². The van der Waals surface area contributed by atoms with E-state index >= 15 is 0 Å². The highest BCUT2D eigenvalue weighted by atomic mass is 16.5. The first-order valence-electron chi connectivity index (χ1n) is 10.8. The second-order valence-corrected chi connectivity index (χ2v) is 8.48. The molecule has 0 N–H and O–H groups in total. The first kappa shape index (κ1) is 22.2. The number of hydrogen-bond acceptors (Lipinski definition) is 4. The van der Waals surface area contributed by atoms with Crippen molar-refractivity contribution in [3.63, 3.8) is 0 Å². The van der Waals surface area contributed by atoms with Gasteiger partial charge < -0.3 is 19.3 Å². The minimum atomic E-state index is -0.0184. The van der Waals surface area contributed by atoms with Crippen LogP contribution in [0.1, 0.15) is 43.7 Å². The van der Waals surface area contributed by atoms with E-state index in [-0.39, 0.29) is 18.6 Å². The lowest BCUT2D eigenvalue weighted by Gasteiger charge is -2.26. The van der Waals surface area contributed by atoms with Gasteiger partial charge in [0.05, 0.1) is 6.10 Å². The summed E-state index contributed by atoms with van der Waals surface area (Å²) in [5.74, 6) is 1.18. The van der Waals surface area contributed by atoms with Crippen LogP contribution in [0.15, 0.2) is 48.5 Å². The molecule has 1 aliphatic rings. The van der Waals surface area contributed by atoms with Gasteiger partial charge in [-0.25, -0.2) is 0 Å². The molecule has 1 aliphatic heterocycles. The van der Waals surface area contributed by atoms with Gasteiger partial charge in [0.25, 0.3) is 5.91 Å². The van der Waals surface area contributed by atoms with Crippen LogP contribution in [0.2, 0.25) is 0 Å². The van der Waals surface area contributed by atoms with Crippen molar-refractivity contribution in [2.24, 2.45) is 0 Å². The minimum absolute atomic E-state index is 0.0184. The van der Waals surface area contributed by atoms with Gasteiger partial charge in [-0.05, 0) is 54.2 Å². The maximum Gasteiger partial charge on any atom is 0.260 e. The molecule has 30 heavy (non-hydrogen) atoms. The summed E-state index contributed by atoms with van der Waals surface area (Å²) in [6.07, 6.45) is 2.17. The predicted molar refractivity (Wildman–Crippen MR) is 121 cm³/mol. The summed E-state index contributed by atoms with van der Waals surface area (Å²) < 4.78 is 11.6. The highest BCUT2D eigenvalue weighted by Crippen LogP contribution is 2.20. The molecular weight excluding hydrogens is 376 g/mol. The molecule has 0 aromatic heterocycles. The Morgan fingerprint density at radius 1 is 1.10 bits per heavy atom. The molecule has 5 heteroatoms. The molecule has 1 atom stereocenters. The van der Waals surface area contributed by atoms with Crippen LogP contribution in [0.3, 0.4) is 0 Å². The third-order valence-electron chi connectivity index (χ3n) is 5.54. The summed E-state index contributed by atoms with van der Waals surface area (Å²) in [5.41, 5.74) is 3.51. The molecule has 0 aliphatic carbocycles. The summed E-state index contributed by atoms with van der Waals surface area (Å²) >= 11 is 0. The molecule has 0 saturated carbocycles. The normalized spacial score (nSPS) is 16.0. The number of hydrogen-bond donors (Lipinski definition) is 0. The van der Waals surface area contributed by atoms with Crippen LogP contribution < -0.4 is 9.64 Å². The van der Waals surface area contributed by atoms with Crippen LogP contribution in [0.4, 0.5) is 5.69 Å². The van der Waals surface area contributed by atoms with E-state index in [2.05, 4.69) is 55.1 Å². The third-order valence-corrected chi connectivity index (χ3v) is 5.54. The molecule has 1 saturated heterocycles. The van der Waals surface area contributed by atoms with E-state index in [0.29, 0.717) is 19.0 Å². The van der Waals surface area contributed by atoms with Crippen LogP contribution in [-0.2, 0) is 16.1 Å². The quantitative estimate of drug-likeness (QED) is 0.612. The molecule has 1 heterocycles. The molecule has 2 aromatic rings. The molecule has 1 unspecified atom stereocenters. The van der Waals surface area contributed by atoms with Crippen molar-refractivity contribution in [2.75, 3.05) is 38.8 Å². The van der Waals surface area contributed by atoms with Gasteiger partial charge in [0.2, 0.25) is 0 Å². The molecule has 0 spiro atoms. The van der Waals surface area contributed by atoms with E-state index in [4.69, 9.17) is 9.47 Å². The number of carbonyl (C=O) groups excluding carboxylic acids is 1. The standard InChI is InChI=1S/C25H34N2O3/c1-19(2)21-9-13-23(14-10-21)30-18-25(28)27(17-24-6-5-15-29-24)16-20-7-11-22(12-8-20)26(3)4/h7-14,19,24H,5-6,15-18H2,1-4H3. The number of anilines is 1. The van der Waals surface area contributed by atoms with Gasteiger partial charge in [0.15, 0.2) is 6.61 Å². The van der Waals surface area contributed by atoms with E-state index in [1.54, 1.807) is 0 Å². The molecule has 2 aromatic carbocycles. The fourth-order valence-electron chi connectivity index (χ4n) is 3.59. The number of rotatable bonds is 9. The minimum Gasteiger partial charge on any atom is -0.484 e. The SMILES string of the molecule is CC(C)c1ccc(OCC(=O)N(Cc2ccc(N(C)C)cc2)CC2CCCO2)cc1. The zero-order chi connectivity index (χ0) is 21.5. The van der Waals surface area contributed by atoms with Gasteiger partial charge in [-0.15, -0.1) is 0 Å². The Morgan fingerprint density at radius 2 is 1.80 bits per heavy atom. The van der Waals surface area contributed by atoms with Crippen LogP contribution in [0, 0.1) is 0 Å². The highest BCUT2D eigenvalue weighted by Gasteiger charge is 2.23. The molecule has 162 valence electrons. The molecule has 1 amide bonds. The molecule has 0 radical (unpaired) electrons. The zero-order valence-corrected chi connectivity index (χ0v) is 18.6. The van der Waals surface area contributed by atoms with Crippen LogP contribution in [0.5, 0.6) is 5.75 Å². The van der Waals surface area contributed by atoms with Crippen LogP contribution in [-0.4, -0.2) is 50.8 Å². The van der Waals surface area contributed by atoms with Gasteiger partial charge in [-0.2, -0.15) is 0 Å². The molecule has 1 fully saturated rings. The van der Waals surface area contributed by atoms with Crippen molar-refractivity contribution in [3.8, 4) is 5.75 Å². The number of amides is 1. The van der Waals surface area contributed by atoms with Crippen LogP contribution in [0.25, 0.3) is 0 Å². The van der Waals surface area contributed by atoms with E-state index in [0.717, 1.165) is 36.4 Å². The Bertz CT molecular complexity index is 794. The Morgan fingerprint density at radius 3 is 2.37 bits per heavy atom. The third kappa shape index (κ3) is 6.23. The van der Waals surface area contributed by atoms with Gasteiger partial charge >= 0.3 is 0 Å². The average molecular weight is 411 g/mol. The van der Waals surface area contributed by atoms with Crippen molar-refractivity contribution >= 4 is 11.6 Å². The van der Waals surface area contributed by atoms with Crippen molar-refractivity contribution in [2.45, 2.75) is 45.3 Å².